The smallest absolute Gasteiger partial charge is 0.326 e. The predicted molar refractivity (Wildman–Crippen MR) is 117 cm³/mol. The number of carboxylic acid groups (broad SMARTS) is 1. The Bertz CT molecular complexity index is 715. The lowest BCUT2D eigenvalue weighted by Crippen LogP contribution is -2.59. The molecule has 182 valence electrons. The monoisotopic (exact) mass is 455 g/mol. The van der Waals surface area contributed by atoms with Gasteiger partial charge in [-0.25, -0.2) is 4.79 Å². The summed E-state index contributed by atoms with van der Waals surface area (Å²) in [5, 5.41) is 14.5. The number of carbonyl (C=O) groups is 5. The van der Waals surface area contributed by atoms with Gasteiger partial charge >= 0.3 is 5.97 Å². The molecule has 0 aromatic heterocycles. The van der Waals surface area contributed by atoms with Crippen LogP contribution in [0.3, 0.4) is 0 Å². The molecule has 1 fully saturated rings. The predicted octanol–water partition coefficient (Wildman–Crippen LogP) is -0.673. The van der Waals surface area contributed by atoms with Crippen molar-refractivity contribution < 1.29 is 29.1 Å². The normalized spacial score (nSPS) is 20.5. The number of nitrogens with two attached hydrogens (primary N) is 2. The Kier molecular flexibility index (Phi) is 10.6. The molecule has 0 aliphatic carbocycles. The zero-order valence-corrected chi connectivity index (χ0v) is 19.3. The lowest BCUT2D eigenvalue weighted by Gasteiger charge is -2.30. The lowest BCUT2D eigenvalue weighted by molar-refractivity contribution is -0.149. The van der Waals surface area contributed by atoms with Crippen LogP contribution in [0.25, 0.3) is 0 Å². The van der Waals surface area contributed by atoms with Gasteiger partial charge in [0.1, 0.15) is 18.1 Å². The SMILES string of the molecule is CCC(C)C(N)C(=O)NC(C(=O)NC(CC(N)=O)C(=O)N1CCCC1C(=O)O)C(C)CC. The number of hydrogen-bond acceptors (Lipinski definition) is 6. The van der Waals surface area contributed by atoms with Crippen molar-refractivity contribution in [3.8, 4) is 0 Å². The fourth-order valence-corrected chi connectivity index (χ4v) is 3.61. The molecule has 1 rings (SSSR count). The van der Waals surface area contributed by atoms with E-state index in [2.05, 4.69) is 10.6 Å². The lowest BCUT2D eigenvalue weighted by atomic mass is 9.95. The summed E-state index contributed by atoms with van der Waals surface area (Å²) >= 11 is 0. The van der Waals surface area contributed by atoms with E-state index in [0.717, 1.165) is 4.90 Å². The maximum absolute atomic E-state index is 13.1. The van der Waals surface area contributed by atoms with Crippen LogP contribution < -0.4 is 22.1 Å². The number of nitrogens with zero attached hydrogens (tertiary/aromatic N) is 1. The van der Waals surface area contributed by atoms with Gasteiger partial charge in [0.25, 0.3) is 0 Å². The summed E-state index contributed by atoms with van der Waals surface area (Å²) < 4.78 is 0. The third kappa shape index (κ3) is 7.18. The molecule has 0 bridgehead atoms. The molecule has 32 heavy (non-hydrogen) atoms. The zero-order chi connectivity index (χ0) is 24.6. The molecule has 0 aromatic carbocycles. The third-order valence-corrected chi connectivity index (χ3v) is 6.19. The standard InChI is InChI=1S/C21H37N5O6/c1-5-11(3)16(23)18(28)25-17(12(4)6-2)19(29)24-13(10-15(22)27)20(30)26-9-7-8-14(26)21(31)32/h11-14,16-17H,5-10,23H2,1-4H3,(H2,22,27)(H,24,29)(H,25,28)(H,31,32). The highest BCUT2D eigenvalue weighted by Crippen LogP contribution is 2.19. The van der Waals surface area contributed by atoms with E-state index in [1.165, 1.54) is 0 Å². The first-order valence-electron chi connectivity index (χ1n) is 11.1. The Morgan fingerprint density at radius 1 is 1.03 bits per heavy atom. The van der Waals surface area contributed by atoms with E-state index in [1.807, 2.05) is 20.8 Å². The summed E-state index contributed by atoms with van der Waals surface area (Å²) in [4.78, 5) is 62.8. The van der Waals surface area contributed by atoms with Gasteiger partial charge < -0.3 is 32.1 Å². The second-order valence-electron chi connectivity index (χ2n) is 8.54. The van der Waals surface area contributed by atoms with Gasteiger partial charge in [-0.05, 0) is 24.7 Å². The Morgan fingerprint density at radius 2 is 1.62 bits per heavy atom. The highest BCUT2D eigenvalue weighted by Gasteiger charge is 2.39. The Balaban J connectivity index is 3.05. The van der Waals surface area contributed by atoms with Crippen LogP contribution >= 0.6 is 0 Å². The van der Waals surface area contributed by atoms with Crippen LogP contribution in [0.2, 0.25) is 0 Å². The van der Waals surface area contributed by atoms with E-state index >= 15 is 0 Å². The number of nitrogens with one attached hydrogen (secondary N) is 2. The Hall–Kier alpha value is -2.69. The van der Waals surface area contributed by atoms with E-state index in [0.29, 0.717) is 19.3 Å². The molecular weight excluding hydrogens is 418 g/mol. The molecule has 1 saturated heterocycles. The minimum Gasteiger partial charge on any atom is -0.480 e. The van der Waals surface area contributed by atoms with Crippen LogP contribution in [0.1, 0.15) is 59.8 Å². The van der Waals surface area contributed by atoms with Gasteiger partial charge in [-0.15, -0.1) is 0 Å². The van der Waals surface area contributed by atoms with Crippen molar-refractivity contribution in [3.05, 3.63) is 0 Å². The quantitative estimate of drug-likeness (QED) is 0.258. The molecule has 7 N–H and O–H groups in total. The molecule has 11 nitrogen and oxygen atoms in total. The molecule has 1 aliphatic heterocycles. The van der Waals surface area contributed by atoms with Crippen molar-refractivity contribution in [1.29, 1.82) is 0 Å². The molecule has 1 heterocycles. The van der Waals surface area contributed by atoms with Gasteiger partial charge in [0.2, 0.25) is 23.6 Å². The van der Waals surface area contributed by atoms with E-state index in [9.17, 15) is 29.1 Å². The average Bonchev–Trinajstić information content (AvgIpc) is 3.24. The van der Waals surface area contributed by atoms with Crippen LogP contribution in [-0.2, 0) is 24.0 Å². The minimum absolute atomic E-state index is 0.0945. The first-order valence-corrected chi connectivity index (χ1v) is 11.1. The molecule has 1 aliphatic rings. The molecule has 6 unspecified atom stereocenters. The molecule has 0 radical (unpaired) electrons. The number of primary amides is 1. The molecule has 0 spiro atoms. The van der Waals surface area contributed by atoms with Crippen LogP contribution in [0, 0.1) is 11.8 Å². The van der Waals surface area contributed by atoms with Crippen LogP contribution in [0.4, 0.5) is 0 Å². The summed E-state index contributed by atoms with van der Waals surface area (Å²) in [5.41, 5.74) is 11.2. The number of likely N-dealkylation sites (tertiary alicyclic amines) is 1. The van der Waals surface area contributed by atoms with Crippen LogP contribution in [0.5, 0.6) is 0 Å². The second-order valence-corrected chi connectivity index (χ2v) is 8.54. The summed E-state index contributed by atoms with van der Waals surface area (Å²) in [6, 6.07) is -4.14. The Labute approximate surface area is 188 Å². The number of amides is 4. The van der Waals surface area contributed by atoms with Crippen molar-refractivity contribution in [2.45, 2.75) is 84.0 Å². The fraction of sp³-hybridized carbons (Fsp3) is 0.762. The van der Waals surface area contributed by atoms with Crippen molar-refractivity contribution in [2.24, 2.45) is 23.3 Å². The van der Waals surface area contributed by atoms with Crippen molar-refractivity contribution in [1.82, 2.24) is 15.5 Å². The maximum Gasteiger partial charge on any atom is 0.326 e. The summed E-state index contributed by atoms with van der Waals surface area (Å²) in [5.74, 6) is -4.18. The fourth-order valence-electron chi connectivity index (χ4n) is 3.61. The van der Waals surface area contributed by atoms with Crippen LogP contribution in [-0.4, -0.2) is 70.3 Å². The first kappa shape index (κ1) is 27.3. The van der Waals surface area contributed by atoms with E-state index in [4.69, 9.17) is 11.5 Å². The van der Waals surface area contributed by atoms with Crippen molar-refractivity contribution >= 4 is 29.6 Å². The number of carboxylic acids is 1. The molecule has 6 atom stereocenters. The maximum atomic E-state index is 13.1. The molecule has 0 saturated carbocycles. The number of aliphatic carboxylic acids is 1. The minimum atomic E-state index is -1.33. The molecule has 4 amide bonds. The summed E-state index contributed by atoms with van der Waals surface area (Å²) in [6.45, 7) is 7.55. The summed E-state index contributed by atoms with van der Waals surface area (Å²) in [7, 11) is 0. The zero-order valence-electron chi connectivity index (χ0n) is 19.3. The van der Waals surface area contributed by atoms with Crippen molar-refractivity contribution in [2.75, 3.05) is 6.54 Å². The highest BCUT2D eigenvalue weighted by atomic mass is 16.4. The van der Waals surface area contributed by atoms with Gasteiger partial charge in [-0.2, -0.15) is 0 Å². The van der Waals surface area contributed by atoms with Gasteiger partial charge in [-0.1, -0.05) is 40.5 Å². The largest absolute Gasteiger partial charge is 0.480 e. The van der Waals surface area contributed by atoms with Crippen molar-refractivity contribution in [3.63, 3.8) is 0 Å². The van der Waals surface area contributed by atoms with E-state index < -0.39 is 60.2 Å². The van der Waals surface area contributed by atoms with E-state index in [1.54, 1.807) is 6.92 Å². The number of hydrogen-bond donors (Lipinski definition) is 5. The molecule has 0 aromatic rings. The molecular formula is C21H37N5O6. The van der Waals surface area contributed by atoms with E-state index in [-0.39, 0.29) is 24.8 Å². The Morgan fingerprint density at radius 3 is 2.12 bits per heavy atom. The first-order chi connectivity index (χ1) is 14.9. The second kappa shape index (κ2) is 12.4. The van der Waals surface area contributed by atoms with Gasteiger partial charge in [-0.3, -0.25) is 19.2 Å². The third-order valence-electron chi connectivity index (χ3n) is 6.19. The molecule has 11 heteroatoms. The van der Waals surface area contributed by atoms with Gasteiger partial charge in [0.15, 0.2) is 0 Å². The van der Waals surface area contributed by atoms with Gasteiger partial charge in [0.05, 0.1) is 12.5 Å². The summed E-state index contributed by atoms with van der Waals surface area (Å²) in [6.07, 6.45) is 1.54. The number of carbonyl (C=O) groups excluding carboxylic acids is 4. The number of rotatable bonds is 12. The highest BCUT2D eigenvalue weighted by molar-refractivity contribution is 5.96. The topological polar surface area (TPSA) is 185 Å². The van der Waals surface area contributed by atoms with Gasteiger partial charge in [0, 0.05) is 6.54 Å². The van der Waals surface area contributed by atoms with Crippen LogP contribution in [0.15, 0.2) is 0 Å². The average molecular weight is 456 g/mol.